The van der Waals surface area contributed by atoms with Gasteiger partial charge in [-0.2, -0.15) is 0 Å². The molecule has 0 aliphatic carbocycles. The van der Waals surface area contributed by atoms with Crippen molar-refractivity contribution in [3.8, 4) is 11.1 Å². The second-order valence-corrected chi connectivity index (χ2v) is 5.88. The highest BCUT2D eigenvalue weighted by Gasteiger charge is 2.13. The molecule has 136 valence electrons. The number of esters is 1. The summed E-state index contributed by atoms with van der Waals surface area (Å²) in [6, 6.07) is 24.7. The van der Waals surface area contributed by atoms with Crippen LogP contribution in [0.5, 0.6) is 0 Å². The highest BCUT2D eigenvalue weighted by molar-refractivity contribution is 6.02. The minimum absolute atomic E-state index is 0.0835. The molecule has 0 radical (unpaired) electrons. The summed E-state index contributed by atoms with van der Waals surface area (Å²) in [6.45, 7) is 0.0835. The Balaban J connectivity index is 1.59. The van der Waals surface area contributed by atoms with Crippen molar-refractivity contribution in [1.29, 1.82) is 0 Å². The van der Waals surface area contributed by atoms with E-state index >= 15 is 0 Å². The van der Waals surface area contributed by atoms with Crippen LogP contribution in [0.25, 0.3) is 11.1 Å². The second-order valence-electron chi connectivity index (χ2n) is 5.88. The van der Waals surface area contributed by atoms with Crippen molar-refractivity contribution in [1.82, 2.24) is 0 Å². The first-order chi connectivity index (χ1) is 13.2. The van der Waals surface area contributed by atoms with E-state index in [1.165, 1.54) is 7.11 Å². The molecule has 0 aliphatic rings. The third kappa shape index (κ3) is 4.73. The quantitative estimate of drug-likeness (QED) is 0.647. The van der Waals surface area contributed by atoms with Gasteiger partial charge in [-0.3, -0.25) is 4.79 Å². The Hall–Kier alpha value is -3.60. The van der Waals surface area contributed by atoms with Crippen LogP contribution in [0.2, 0.25) is 0 Å². The Morgan fingerprint density at radius 1 is 0.815 bits per heavy atom. The summed E-state index contributed by atoms with van der Waals surface area (Å²) in [5, 5.41) is 5.81. The Morgan fingerprint density at radius 2 is 1.44 bits per heavy atom. The van der Waals surface area contributed by atoms with E-state index in [9.17, 15) is 9.59 Å². The van der Waals surface area contributed by atoms with Gasteiger partial charge in [0.1, 0.15) is 0 Å². The van der Waals surface area contributed by atoms with Crippen molar-refractivity contribution in [2.24, 2.45) is 0 Å². The first-order valence-corrected chi connectivity index (χ1v) is 8.54. The number of nitrogens with one attached hydrogen (secondary N) is 2. The molecule has 5 nitrogen and oxygen atoms in total. The zero-order valence-corrected chi connectivity index (χ0v) is 14.9. The molecule has 3 aromatic rings. The zero-order chi connectivity index (χ0) is 19.1. The maximum atomic E-state index is 12.2. The van der Waals surface area contributed by atoms with Gasteiger partial charge in [0, 0.05) is 5.69 Å². The van der Waals surface area contributed by atoms with Gasteiger partial charge in [0.2, 0.25) is 5.91 Å². The molecule has 0 fully saturated rings. The molecule has 0 atom stereocenters. The maximum Gasteiger partial charge on any atom is 0.339 e. The molecule has 0 unspecified atom stereocenters. The van der Waals surface area contributed by atoms with Gasteiger partial charge < -0.3 is 15.4 Å². The lowest BCUT2D eigenvalue weighted by Gasteiger charge is -2.11. The van der Waals surface area contributed by atoms with E-state index in [-0.39, 0.29) is 12.5 Å². The maximum absolute atomic E-state index is 12.2. The number of carbonyl (C=O) groups excluding carboxylic acids is 2. The van der Waals surface area contributed by atoms with Gasteiger partial charge in [0.25, 0.3) is 0 Å². The summed E-state index contributed by atoms with van der Waals surface area (Å²) in [5.74, 6) is -0.742. The predicted octanol–water partition coefficient (Wildman–Crippen LogP) is 4.19. The van der Waals surface area contributed by atoms with E-state index in [1.807, 2.05) is 42.5 Å². The van der Waals surface area contributed by atoms with Crippen LogP contribution < -0.4 is 10.6 Å². The van der Waals surface area contributed by atoms with Crippen LogP contribution in [0.3, 0.4) is 0 Å². The fourth-order valence-electron chi connectivity index (χ4n) is 2.67. The lowest BCUT2D eigenvalue weighted by atomic mass is 10.1. The molecule has 0 spiro atoms. The van der Waals surface area contributed by atoms with Crippen molar-refractivity contribution in [3.63, 3.8) is 0 Å². The minimum atomic E-state index is -0.490. The topological polar surface area (TPSA) is 67.4 Å². The summed E-state index contributed by atoms with van der Waals surface area (Å²) in [5.41, 5.74) is 3.83. The number of ether oxygens (including phenoxy) is 1. The molecule has 1 amide bonds. The Morgan fingerprint density at radius 3 is 2.15 bits per heavy atom. The highest BCUT2D eigenvalue weighted by atomic mass is 16.5. The van der Waals surface area contributed by atoms with Crippen LogP contribution >= 0.6 is 0 Å². The largest absolute Gasteiger partial charge is 0.465 e. The fourth-order valence-corrected chi connectivity index (χ4v) is 2.67. The minimum Gasteiger partial charge on any atom is -0.465 e. The smallest absolute Gasteiger partial charge is 0.339 e. The number of hydrogen-bond donors (Lipinski definition) is 2. The van der Waals surface area contributed by atoms with Gasteiger partial charge in [0.05, 0.1) is 24.9 Å². The van der Waals surface area contributed by atoms with Gasteiger partial charge in [-0.1, -0.05) is 54.6 Å². The lowest BCUT2D eigenvalue weighted by molar-refractivity contribution is -0.114. The number of rotatable bonds is 6. The molecule has 5 heteroatoms. The SMILES string of the molecule is COC(=O)c1ccccc1NC(=O)CNc1ccc(-c2ccccc2)cc1. The lowest BCUT2D eigenvalue weighted by Crippen LogP contribution is -2.23. The monoisotopic (exact) mass is 360 g/mol. The predicted molar refractivity (Wildman–Crippen MR) is 107 cm³/mol. The summed E-state index contributed by atoms with van der Waals surface area (Å²) >= 11 is 0. The summed E-state index contributed by atoms with van der Waals surface area (Å²) in [4.78, 5) is 24.0. The number of hydrogen-bond acceptors (Lipinski definition) is 4. The number of benzene rings is 3. The fraction of sp³-hybridized carbons (Fsp3) is 0.0909. The van der Waals surface area contributed by atoms with Crippen molar-refractivity contribution < 1.29 is 14.3 Å². The third-order valence-corrected chi connectivity index (χ3v) is 4.05. The summed E-state index contributed by atoms with van der Waals surface area (Å²) in [6.07, 6.45) is 0. The van der Waals surface area contributed by atoms with Crippen molar-refractivity contribution in [3.05, 3.63) is 84.4 Å². The van der Waals surface area contributed by atoms with Crippen molar-refractivity contribution >= 4 is 23.3 Å². The number of amides is 1. The van der Waals surface area contributed by atoms with Gasteiger partial charge in [-0.15, -0.1) is 0 Å². The van der Waals surface area contributed by atoms with Crippen LogP contribution in [0.15, 0.2) is 78.9 Å². The van der Waals surface area contributed by atoms with Crippen molar-refractivity contribution in [2.75, 3.05) is 24.3 Å². The second kappa shape index (κ2) is 8.67. The Bertz CT molecular complexity index is 922. The van der Waals surface area contributed by atoms with Crippen LogP contribution in [0.1, 0.15) is 10.4 Å². The van der Waals surface area contributed by atoms with Gasteiger partial charge in [-0.25, -0.2) is 4.79 Å². The van der Waals surface area contributed by atoms with Gasteiger partial charge in [-0.05, 0) is 35.4 Å². The van der Waals surface area contributed by atoms with Crippen LogP contribution in [-0.4, -0.2) is 25.5 Å². The Kier molecular flexibility index (Phi) is 5.84. The number of methoxy groups -OCH3 is 1. The van der Waals surface area contributed by atoms with E-state index in [1.54, 1.807) is 24.3 Å². The molecule has 0 bridgehead atoms. The molecule has 3 rings (SSSR count). The molecule has 0 saturated carbocycles. The van der Waals surface area contributed by atoms with Crippen LogP contribution in [0, 0.1) is 0 Å². The molecule has 27 heavy (non-hydrogen) atoms. The molecule has 0 saturated heterocycles. The van der Waals surface area contributed by atoms with Gasteiger partial charge in [0.15, 0.2) is 0 Å². The summed E-state index contributed by atoms with van der Waals surface area (Å²) in [7, 11) is 1.31. The molecule has 3 aromatic carbocycles. The molecule has 0 heterocycles. The molecule has 0 aromatic heterocycles. The average molecular weight is 360 g/mol. The molecular formula is C22H20N2O3. The number of para-hydroxylation sites is 1. The standard InChI is InChI=1S/C22H20N2O3/c1-27-22(26)19-9-5-6-10-20(19)24-21(25)15-23-18-13-11-17(12-14-18)16-7-3-2-4-8-16/h2-14,23H,15H2,1H3,(H,24,25). The molecular weight excluding hydrogens is 340 g/mol. The first-order valence-electron chi connectivity index (χ1n) is 8.54. The van der Waals surface area contributed by atoms with E-state index < -0.39 is 5.97 Å². The van der Waals surface area contributed by atoms with E-state index in [4.69, 9.17) is 4.74 Å². The van der Waals surface area contributed by atoms with Crippen LogP contribution in [-0.2, 0) is 9.53 Å². The normalized spacial score (nSPS) is 10.1. The molecule has 0 aliphatic heterocycles. The van der Waals surface area contributed by atoms with E-state index in [0.717, 1.165) is 16.8 Å². The third-order valence-electron chi connectivity index (χ3n) is 4.05. The van der Waals surface area contributed by atoms with Crippen LogP contribution in [0.4, 0.5) is 11.4 Å². The van der Waals surface area contributed by atoms with E-state index in [0.29, 0.717) is 11.3 Å². The molecule has 2 N–H and O–H groups in total. The van der Waals surface area contributed by atoms with Crippen molar-refractivity contribution in [2.45, 2.75) is 0 Å². The first kappa shape index (κ1) is 18.2. The average Bonchev–Trinajstić information content (AvgIpc) is 2.73. The Labute approximate surface area is 158 Å². The number of anilines is 2. The zero-order valence-electron chi connectivity index (χ0n) is 14.9. The van der Waals surface area contributed by atoms with E-state index in [2.05, 4.69) is 22.8 Å². The summed E-state index contributed by atoms with van der Waals surface area (Å²) < 4.78 is 4.73. The highest BCUT2D eigenvalue weighted by Crippen LogP contribution is 2.21. The van der Waals surface area contributed by atoms with Gasteiger partial charge >= 0.3 is 5.97 Å². The number of carbonyl (C=O) groups is 2.